The van der Waals surface area contributed by atoms with Crippen LogP contribution in [-0.4, -0.2) is 61.6 Å². The van der Waals surface area contributed by atoms with Crippen molar-refractivity contribution in [1.82, 2.24) is 4.90 Å². The van der Waals surface area contributed by atoms with Gasteiger partial charge in [-0.2, -0.15) is 0 Å². The Morgan fingerprint density at radius 2 is 1.84 bits per heavy atom. The van der Waals surface area contributed by atoms with Gasteiger partial charge in [-0.25, -0.2) is 4.39 Å². The highest BCUT2D eigenvalue weighted by Gasteiger charge is 2.33. The molecule has 37 heavy (non-hydrogen) atoms. The Morgan fingerprint density at radius 1 is 1.16 bits per heavy atom. The number of fused-ring (bicyclic) bond motifs is 1. The van der Waals surface area contributed by atoms with Gasteiger partial charge in [0.2, 0.25) is 0 Å². The van der Waals surface area contributed by atoms with Crippen molar-refractivity contribution in [3.05, 3.63) is 46.3 Å². The molecule has 0 aromatic heterocycles. The number of halogens is 2. The van der Waals surface area contributed by atoms with E-state index in [1.165, 1.54) is 0 Å². The van der Waals surface area contributed by atoms with Gasteiger partial charge >= 0.3 is 0 Å². The number of ether oxygens (including phenoxy) is 3. The molecule has 1 aliphatic rings. The number of amidine groups is 1. The Labute approximate surface area is 228 Å². The molecule has 10 heteroatoms. The lowest BCUT2D eigenvalue weighted by atomic mass is 9.84. The zero-order chi connectivity index (χ0) is 26.6. The largest absolute Gasteiger partial charge is 0.494 e. The Hall–Kier alpha value is -2.85. The molecule has 0 unspecified atom stereocenters. The molecule has 0 saturated carbocycles. The summed E-state index contributed by atoms with van der Waals surface area (Å²) in [5.41, 5.74) is 2.27. The summed E-state index contributed by atoms with van der Waals surface area (Å²) >= 11 is 0. The van der Waals surface area contributed by atoms with E-state index in [1.807, 2.05) is 20.8 Å². The number of nitrogens with zero attached hydrogens (tertiary/aromatic N) is 1. The molecule has 0 fully saturated rings. The second kappa shape index (κ2) is 12.6. The number of methoxy groups -OCH3 is 1. The van der Waals surface area contributed by atoms with Gasteiger partial charge in [0, 0.05) is 24.2 Å². The summed E-state index contributed by atoms with van der Waals surface area (Å²) in [5, 5.41) is 21.0. The predicted octanol–water partition coefficient (Wildman–Crippen LogP) is 4.94. The van der Waals surface area contributed by atoms with Crippen LogP contribution in [0, 0.1) is 11.2 Å². The number of aliphatic hydroxyl groups excluding tert-OH is 1. The molecule has 0 amide bonds. The van der Waals surface area contributed by atoms with Crippen LogP contribution in [0.1, 0.15) is 61.7 Å². The van der Waals surface area contributed by atoms with Crippen LogP contribution in [0.15, 0.2) is 18.2 Å². The van der Waals surface area contributed by atoms with Crippen molar-refractivity contribution in [2.24, 2.45) is 0 Å². The number of anilines is 1. The zero-order valence-corrected chi connectivity index (χ0v) is 24.0. The van der Waals surface area contributed by atoms with Crippen LogP contribution in [0.5, 0.6) is 17.2 Å². The number of Topliss-reactive ketones (excluding diaryl/α,β-unsaturated/α-hetero) is 1. The molecule has 1 aliphatic heterocycles. The molecule has 1 heterocycles. The molecule has 0 bridgehead atoms. The maximum absolute atomic E-state index is 15.4. The molecular weight excluding hydrogens is 545 g/mol. The number of nitrogens with one attached hydrogen (secondary N) is 2. The van der Waals surface area contributed by atoms with Crippen molar-refractivity contribution < 1.29 is 28.5 Å². The molecule has 0 saturated heterocycles. The minimum atomic E-state index is -0.646. The van der Waals surface area contributed by atoms with Gasteiger partial charge in [0.1, 0.15) is 11.6 Å². The molecule has 2 aromatic carbocycles. The summed E-state index contributed by atoms with van der Waals surface area (Å²) in [4.78, 5) is 15.0. The first-order valence-electron chi connectivity index (χ1n) is 12.1. The lowest BCUT2D eigenvalue weighted by molar-refractivity contribution is 0.0962. The summed E-state index contributed by atoms with van der Waals surface area (Å²) in [7, 11) is 1.57. The van der Waals surface area contributed by atoms with Gasteiger partial charge in [0.15, 0.2) is 23.1 Å². The van der Waals surface area contributed by atoms with E-state index in [1.54, 1.807) is 44.1 Å². The SMILES string of the molecule is Br.CCOc1cc2c(c(F)c1OCC)C(=N)N(CC(=O)c1cc(NCCO)c(OC)c(C(C)(C)C)c1)C2. The fourth-order valence-electron chi connectivity index (χ4n) is 4.31. The second-order valence-electron chi connectivity index (χ2n) is 9.55. The van der Waals surface area contributed by atoms with Gasteiger partial charge in [-0.05, 0) is 43.0 Å². The fourth-order valence-corrected chi connectivity index (χ4v) is 4.31. The standard InChI is InChI=1S/C27H36FN3O5.BrH/c1-7-35-21-13-17-14-31(26(29)22(17)23(28)25(21)36-8-2)15-20(33)16-11-18(27(3,4)5)24(34-6)19(12-16)30-9-10-32;/h11-13,29-30,32H,7-10,14-15H2,1-6H3;1H. The third-order valence-electron chi connectivity index (χ3n) is 5.96. The maximum Gasteiger partial charge on any atom is 0.197 e. The third-order valence-corrected chi connectivity index (χ3v) is 5.96. The first-order chi connectivity index (χ1) is 17.1. The van der Waals surface area contributed by atoms with E-state index in [0.29, 0.717) is 41.5 Å². The summed E-state index contributed by atoms with van der Waals surface area (Å²) < 4.78 is 32.0. The topological polar surface area (TPSA) is 104 Å². The second-order valence-corrected chi connectivity index (χ2v) is 9.55. The molecule has 0 radical (unpaired) electrons. The van der Waals surface area contributed by atoms with Crippen molar-refractivity contribution in [3.63, 3.8) is 0 Å². The van der Waals surface area contributed by atoms with Gasteiger partial charge in [0.05, 0.1) is 44.7 Å². The summed E-state index contributed by atoms with van der Waals surface area (Å²) in [6.07, 6.45) is 0. The molecule has 3 N–H and O–H groups in total. The van der Waals surface area contributed by atoms with Crippen LogP contribution in [0.2, 0.25) is 0 Å². The number of ketones is 1. The Kier molecular flexibility index (Phi) is 10.3. The Bertz CT molecular complexity index is 1150. The quantitative estimate of drug-likeness (QED) is 0.323. The lowest BCUT2D eigenvalue weighted by Crippen LogP contribution is -2.31. The van der Waals surface area contributed by atoms with Crippen LogP contribution in [0.25, 0.3) is 0 Å². The fraction of sp³-hybridized carbons (Fsp3) is 0.481. The Balaban J connectivity index is 0.00000481. The van der Waals surface area contributed by atoms with E-state index in [9.17, 15) is 9.90 Å². The molecule has 0 aliphatic carbocycles. The third kappa shape index (κ3) is 6.35. The number of hydrogen-bond donors (Lipinski definition) is 3. The van der Waals surface area contributed by atoms with Crippen molar-refractivity contribution in [2.75, 3.05) is 45.3 Å². The van der Waals surface area contributed by atoms with Gasteiger partial charge in [-0.1, -0.05) is 20.8 Å². The van der Waals surface area contributed by atoms with Gasteiger partial charge in [0.25, 0.3) is 0 Å². The predicted molar refractivity (Wildman–Crippen MR) is 148 cm³/mol. The smallest absolute Gasteiger partial charge is 0.197 e. The normalized spacial score (nSPS) is 12.6. The summed E-state index contributed by atoms with van der Waals surface area (Å²) in [6, 6.07) is 5.19. The monoisotopic (exact) mass is 581 g/mol. The highest BCUT2D eigenvalue weighted by Crippen LogP contribution is 2.40. The van der Waals surface area contributed by atoms with Crippen molar-refractivity contribution in [1.29, 1.82) is 5.41 Å². The molecule has 2 aromatic rings. The van der Waals surface area contributed by atoms with Crippen LogP contribution in [0.4, 0.5) is 10.1 Å². The van der Waals surface area contributed by atoms with E-state index in [4.69, 9.17) is 19.6 Å². The summed E-state index contributed by atoms with van der Waals surface area (Å²) in [5.74, 6) is -0.0384. The van der Waals surface area contributed by atoms with E-state index in [-0.39, 0.29) is 71.6 Å². The molecular formula is C27H37BrFN3O5. The van der Waals surface area contributed by atoms with Gasteiger partial charge in [-0.15, -0.1) is 17.0 Å². The molecule has 204 valence electrons. The van der Waals surface area contributed by atoms with Gasteiger partial charge in [-0.3, -0.25) is 10.2 Å². The van der Waals surface area contributed by atoms with Crippen molar-refractivity contribution in [3.8, 4) is 17.2 Å². The number of hydrogen-bond acceptors (Lipinski definition) is 7. The number of carbonyl (C=O) groups excluding carboxylic acids is 1. The molecule has 0 spiro atoms. The molecule has 0 atom stereocenters. The lowest BCUT2D eigenvalue weighted by Gasteiger charge is -2.26. The van der Waals surface area contributed by atoms with E-state index in [2.05, 4.69) is 5.32 Å². The minimum Gasteiger partial charge on any atom is -0.494 e. The van der Waals surface area contributed by atoms with Crippen LogP contribution >= 0.6 is 17.0 Å². The highest BCUT2D eigenvalue weighted by atomic mass is 79.9. The number of benzene rings is 2. The van der Waals surface area contributed by atoms with Crippen LogP contribution < -0.4 is 19.5 Å². The minimum absolute atomic E-state index is 0. The summed E-state index contributed by atoms with van der Waals surface area (Å²) in [6.45, 7) is 10.6. The number of aliphatic hydroxyl groups is 1. The molecule has 8 nitrogen and oxygen atoms in total. The van der Waals surface area contributed by atoms with Gasteiger partial charge < -0.3 is 29.5 Å². The van der Waals surface area contributed by atoms with E-state index >= 15 is 4.39 Å². The number of carbonyl (C=O) groups is 1. The van der Waals surface area contributed by atoms with Crippen molar-refractivity contribution in [2.45, 2.75) is 46.6 Å². The van der Waals surface area contributed by atoms with Crippen LogP contribution in [-0.2, 0) is 12.0 Å². The molecule has 3 rings (SSSR count). The van der Waals surface area contributed by atoms with Crippen molar-refractivity contribution >= 4 is 34.3 Å². The average Bonchev–Trinajstić information content (AvgIpc) is 3.13. The maximum atomic E-state index is 15.4. The zero-order valence-electron chi connectivity index (χ0n) is 22.3. The van der Waals surface area contributed by atoms with E-state index in [0.717, 1.165) is 5.56 Å². The number of rotatable bonds is 11. The highest BCUT2D eigenvalue weighted by molar-refractivity contribution is 8.93. The Morgan fingerprint density at radius 3 is 2.41 bits per heavy atom. The van der Waals surface area contributed by atoms with Crippen LogP contribution in [0.3, 0.4) is 0 Å². The first kappa shape index (κ1) is 30.4. The van der Waals surface area contributed by atoms with E-state index < -0.39 is 5.82 Å². The first-order valence-corrected chi connectivity index (χ1v) is 12.1. The average molecular weight is 583 g/mol.